The predicted octanol–water partition coefficient (Wildman–Crippen LogP) is 8.24. The Morgan fingerprint density at radius 3 is 1.77 bits per heavy atom. The molecule has 0 spiro atoms. The van der Waals surface area contributed by atoms with E-state index in [0.29, 0.717) is 22.8 Å². The molecule has 0 heterocycles. The summed E-state index contributed by atoms with van der Waals surface area (Å²) in [4.78, 5) is 36.3. The molecule has 0 atom stereocenters. The lowest BCUT2D eigenvalue weighted by molar-refractivity contribution is -0.143. The van der Waals surface area contributed by atoms with Crippen LogP contribution in [0.3, 0.4) is 0 Å². The van der Waals surface area contributed by atoms with Crippen LogP contribution in [0.25, 0.3) is 22.3 Å². The normalized spacial score (nSPS) is 11.6. The molecule has 0 radical (unpaired) electrons. The second-order valence-corrected chi connectivity index (χ2v) is 11.6. The first kappa shape index (κ1) is 33.6. The third-order valence-corrected chi connectivity index (χ3v) is 6.74. The highest BCUT2D eigenvalue weighted by molar-refractivity contribution is 5.93. The van der Waals surface area contributed by atoms with Crippen molar-refractivity contribution in [3.05, 3.63) is 102 Å². The fourth-order valence-corrected chi connectivity index (χ4v) is 3.88. The largest absolute Gasteiger partial charge is 0.490 e. The van der Waals surface area contributed by atoms with Crippen LogP contribution in [0.4, 0.5) is 0 Å². The molecule has 7 heteroatoms. The van der Waals surface area contributed by atoms with Gasteiger partial charge in [-0.1, -0.05) is 49.6 Å². The number of allylic oxidation sites excluding steroid dienone is 2. The van der Waals surface area contributed by atoms with E-state index in [-0.39, 0.29) is 24.8 Å². The molecule has 3 rings (SSSR count). The maximum atomic E-state index is 12.6. The summed E-state index contributed by atoms with van der Waals surface area (Å²) in [6.07, 6.45) is 0. The summed E-state index contributed by atoms with van der Waals surface area (Å²) in [5, 5.41) is 0. The molecule has 0 aliphatic carbocycles. The van der Waals surface area contributed by atoms with Crippen molar-refractivity contribution in [2.75, 3.05) is 13.2 Å². The van der Waals surface area contributed by atoms with Gasteiger partial charge in [-0.3, -0.25) is 4.79 Å². The smallest absolute Gasteiger partial charge is 0.338 e. The molecule has 0 saturated heterocycles. The molecule has 0 aliphatic heterocycles. The maximum Gasteiger partial charge on any atom is 0.338 e. The van der Waals surface area contributed by atoms with E-state index in [1.54, 1.807) is 38.1 Å². The van der Waals surface area contributed by atoms with Gasteiger partial charge < -0.3 is 18.9 Å². The number of carbonyl (C=O) groups is 3. The third-order valence-electron chi connectivity index (χ3n) is 6.74. The van der Waals surface area contributed by atoms with Crippen molar-refractivity contribution >= 4 is 29.1 Å². The third kappa shape index (κ3) is 9.04. The van der Waals surface area contributed by atoms with Gasteiger partial charge >= 0.3 is 17.9 Å². The van der Waals surface area contributed by atoms with E-state index in [2.05, 4.69) is 13.2 Å². The van der Waals surface area contributed by atoms with Gasteiger partial charge in [0.1, 0.15) is 30.5 Å². The van der Waals surface area contributed by atoms with Gasteiger partial charge in [-0.25, -0.2) is 9.59 Å². The van der Waals surface area contributed by atoms with Crippen LogP contribution in [0.2, 0.25) is 0 Å². The van der Waals surface area contributed by atoms with E-state index in [4.69, 9.17) is 18.9 Å². The number of esters is 3. The Morgan fingerprint density at radius 1 is 0.659 bits per heavy atom. The van der Waals surface area contributed by atoms with Gasteiger partial charge in [0, 0.05) is 16.7 Å². The Hall–Kier alpha value is -4.91. The lowest BCUT2D eigenvalue weighted by atomic mass is 9.94. The van der Waals surface area contributed by atoms with E-state index < -0.39 is 17.4 Å². The Morgan fingerprint density at radius 2 is 1.20 bits per heavy atom. The fourth-order valence-electron chi connectivity index (χ4n) is 3.88. The topological polar surface area (TPSA) is 88.1 Å². The van der Waals surface area contributed by atoms with Crippen molar-refractivity contribution in [1.29, 1.82) is 0 Å². The summed E-state index contributed by atoms with van der Waals surface area (Å²) < 4.78 is 22.0. The zero-order valence-electron chi connectivity index (χ0n) is 26.5. The maximum absolute atomic E-state index is 12.6. The van der Waals surface area contributed by atoms with Crippen LogP contribution in [0.5, 0.6) is 17.2 Å². The van der Waals surface area contributed by atoms with Crippen molar-refractivity contribution in [3.63, 3.8) is 0 Å². The molecule has 3 aromatic rings. The first-order valence-electron chi connectivity index (χ1n) is 14.3. The molecule has 3 aromatic carbocycles. The highest BCUT2D eigenvalue weighted by Crippen LogP contribution is 2.36. The first-order valence-corrected chi connectivity index (χ1v) is 14.3. The molecule has 0 aliphatic rings. The molecule has 0 unspecified atom stereocenters. The van der Waals surface area contributed by atoms with Gasteiger partial charge in [0.15, 0.2) is 0 Å². The fraction of sp³-hybridized carbons (Fsp3) is 0.270. The van der Waals surface area contributed by atoms with Crippen molar-refractivity contribution < 1.29 is 33.3 Å². The number of rotatable bonds is 11. The van der Waals surface area contributed by atoms with E-state index in [9.17, 15) is 14.4 Å². The molecule has 230 valence electrons. The number of benzene rings is 3. The van der Waals surface area contributed by atoms with Crippen molar-refractivity contribution in [1.82, 2.24) is 0 Å². The number of hydrogen-bond acceptors (Lipinski definition) is 7. The van der Waals surface area contributed by atoms with Gasteiger partial charge in [-0.15, -0.1) is 0 Å². The summed E-state index contributed by atoms with van der Waals surface area (Å²) in [5.41, 5.74) is 5.41. The summed E-state index contributed by atoms with van der Waals surface area (Å²) in [5.74, 6) is 0.209. The Kier molecular flexibility index (Phi) is 11.1. The molecule has 44 heavy (non-hydrogen) atoms. The molecule has 0 saturated carbocycles. The van der Waals surface area contributed by atoms with Crippen LogP contribution in [0.1, 0.15) is 59.6 Å². The lowest BCUT2D eigenvalue weighted by Gasteiger charge is -2.17. The van der Waals surface area contributed by atoms with Gasteiger partial charge in [-0.2, -0.15) is 0 Å². The minimum Gasteiger partial charge on any atom is -0.490 e. The number of ether oxygens (including phenoxy) is 4. The van der Waals surface area contributed by atoms with Gasteiger partial charge in [0.2, 0.25) is 0 Å². The quantitative estimate of drug-likeness (QED) is 0.0724. The van der Waals surface area contributed by atoms with Crippen LogP contribution < -0.4 is 14.2 Å². The predicted molar refractivity (Wildman–Crippen MR) is 173 cm³/mol. The van der Waals surface area contributed by atoms with Crippen LogP contribution >= 0.6 is 0 Å². The zero-order chi connectivity index (χ0) is 32.6. The highest BCUT2D eigenvalue weighted by Gasteiger charge is 2.23. The van der Waals surface area contributed by atoms with Gasteiger partial charge in [-0.05, 0) is 107 Å². The van der Waals surface area contributed by atoms with E-state index in [0.717, 1.165) is 33.4 Å². The molecular weight excluding hydrogens is 556 g/mol. The molecule has 7 nitrogen and oxygen atoms in total. The molecule has 0 fully saturated rings. The minimum absolute atomic E-state index is 0.108. The van der Waals surface area contributed by atoms with Crippen LogP contribution in [0.15, 0.2) is 91.0 Å². The minimum atomic E-state index is -0.596. The Labute approximate surface area is 259 Å². The van der Waals surface area contributed by atoms with Gasteiger partial charge in [0.05, 0.1) is 5.41 Å². The molecule has 0 bridgehead atoms. The van der Waals surface area contributed by atoms with Crippen molar-refractivity contribution in [2.24, 2.45) is 5.41 Å². The summed E-state index contributed by atoms with van der Waals surface area (Å²) >= 11 is 0. The van der Waals surface area contributed by atoms with E-state index in [1.807, 2.05) is 77.1 Å². The summed E-state index contributed by atoms with van der Waals surface area (Å²) in [6, 6.07) is 20.4. The van der Waals surface area contributed by atoms with Gasteiger partial charge in [0.25, 0.3) is 0 Å². The SMILES string of the molecule is C=C(C)C(=O)OCCOc1ccc(-c2ccc(/C(C)=C(\C)c3ccc(OC(=O)C(C)(C)C)cc3)cc2OC(=O)C(=C)C)cc1. The second-order valence-electron chi connectivity index (χ2n) is 11.6. The number of hydrogen-bond donors (Lipinski definition) is 0. The second kappa shape index (κ2) is 14.5. The van der Waals surface area contributed by atoms with Crippen molar-refractivity contribution in [3.8, 4) is 28.4 Å². The van der Waals surface area contributed by atoms with Crippen LogP contribution in [0, 0.1) is 5.41 Å². The van der Waals surface area contributed by atoms with Crippen molar-refractivity contribution in [2.45, 2.75) is 48.5 Å². The average Bonchev–Trinajstić information content (AvgIpc) is 2.98. The Balaban J connectivity index is 1.85. The molecule has 0 amide bonds. The van der Waals surface area contributed by atoms with Crippen LogP contribution in [-0.4, -0.2) is 31.1 Å². The van der Waals surface area contributed by atoms with E-state index >= 15 is 0 Å². The monoisotopic (exact) mass is 596 g/mol. The highest BCUT2D eigenvalue weighted by atomic mass is 16.6. The molecule has 0 aromatic heterocycles. The lowest BCUT2D eigenvalue weighted by Crippen LogP contribution is -2.25. The Bertz CT molecular complexity index is 1580. The van der Waals surface area contributed by atoms with E-state index in [1.165, 1.54) is 0 Å². The number of carbonyl (C=O) groups excluding carboxylic acids is 3. The summed E-state index contributed by atoms with van der Waals surface area (Å²) in [6.45, 7) is 20.2. The average molecular weight is 597 g/mol. The summed E-state index contributed by atoms with van der Waals surface area (Å²) in [7, 11) is 0. The first-order chi connectivity index (χ1) is 20.7. The van der Waals surface area contributed by atoms with Crippen LogP contribution in [-0.2, 0) is 19.1 Å². The molecule has 0 N–H and O–H groups in total. The zero-order valence-corrected chi connectivity index (χ0v) is 26.5. The standard InChI is InChI=1S/C37H40O7/c1-23(2)34(38)42-21-20-41-30-15-12-28(13-16-30)32-19-14-29(22-33(32)44-35(39)24(3)4)26(6)25(5)27-10-17-31(18-11-27)43-36(40)37(7,8)9/h10-19,22H,1,3,20-21H2,2,4-9H3/b26-25+. The molecular formula is C37H40O7.